The number of nitrogens with zero attached hydrogens (tertiary/aromatic N) is 8. The Labute approximate surface area is 752 Å². The van der Waals surface area contributed by atoms with E-state index >= 15 is 0 Å². The summed E-state index contributed by atoms with van der Waals surface area (Å²) >= 11 is 0. The van der Waals surface area contributed by atoms with Crippen LogP contribution in [0.25, 0.3) is 0 Å². The number of urea groups is 2. The van der Waals surface area contributed by atoms with E-state index in [1.165, 1.54) is 63.8 Å². The number of aromatic amines is 4. The van der Waals surface area contributed by atoms with Crippen molar-refractivity contribution in [2.45, 2.75) is 347 Å². The van der Waals surface area contributed by atoms with Crippen LogP contribution >= 0.6 is 0 Å². The molecular weight excluding hydrogens is 1720 g/mol. The van der Waals surface area contributed by atoms with Crippen molar-refractivity contribution in [2.24, 2.45) is 0 Å². The predicted molar refractivity (Wildman–Crippen MR) is 476 cm³/mol. The van der Waals surface area contributed by atoms with E-state index in [1.54, 1.807) is 62.7 Å². The summed E-state index contributed by atoms with van der Waals surface area (Å²) in [6.45, 7) is 53.1. The van der Waals surface area contributed by atoms with E-state index in [2.05, 4.69) is 30.6 Å². The quantitative estimate of drug-likeness (QED) is 0.0518. The molecule has 5 aromatic rings. The van der Waals surface area contributed by atoms with Crippen molar-refractivity contribution in [3.8, 4) is 0 Å². The van der Waals surface area contributed by atoms with Gasteiger partial charge in [-0.15, -0.1) is 0 Å². The van der Waals surface area contributed by atoms with Crippen molar-refractivity contribution < 1.29 is 83.3 Å². The van der Waals surface area contributed by atoms with Crippen molar-refractivity contribution in [1.82, 2.24) is 67.2 Å². The van der Waals surface area contributed by atoms with Crippen LogP contribution in [0, 0.1) is 27.7 Å². The topological polar surface area (TPSA) is 470 Å². The number of sulfonamides is 2. The summed E-state index contributed by atoms with van der Waals surface area (Å²) in [6, 6.07) is 4.64. The average molecular weight is 1860 g/mol. The fourth-order valence-electron chi connectivity index (χ4n) is 17.0. The van der Waals surface area contributed by atoms with Crippen LogP contribution in [-0.4, -0.2) is 274 Å². The van der Waals surface area contributed by atoms with Crippen LogP contribution < -0.4 is 55.6 Å². The molecule has 0 aliphatic carbocycles. The second-order valence-electron chi connectivity index (χ2n) is 41.4. The summed E-state index contributed by atoms with van der Waals surface area (Å²) in [6.07, 6.45) is 0.519. The highest BCUT2D eigenvalue weighted by atomic mass is 32.2. The van der Waals surface area contributed by atoms with Crippen molar-refractivity contribution in [3.63, 3.8) is 0 Å². The Morgan fingerprint density at radius 3 is 0.977 bits per heavy atom. The van der Waals surface area contributed by atoms with Crippen LogP contribution in [0.2, 0.25) is 0 Å². The zero-order chi connectivity index (χ0) is 96.7. The molecule has 129 heavy (non-hydrogen) atoms. The van der Waals surface area contributed by atoms with E-state index in [-0.39, 0.29) is 87.8 Å². The maximum absolute atomic E-state index is 13.9. The van der Waals surface area contributed by atoms with Crippen molar-refractivity contribution in [3.05, 3.63) is 161 Å². The maximum atomic E-state index is 13.9. The number of aromatic nitrogens is 8. The zero-order valence-electron chi connectivity index (χ0n) is 80.0. The first-order valence-electron chi connectivity index (χ1n) is 43.4. The molecule has 2 unspecified atom stereocenters. The normalized spacial score (nSPS) is 28.1. The minimum atomic E-state index is -3.99. The van der Waals surface area contributed by atoms with E-state index in [1.807, 2.05) is 166 Å². The number of morpholine rings is 4. The van der Waals surface area contributed by atoms with Crippen LogP contribution in [0.4, 0.5) is 9.59 Å². The number of nitrogens with one attached hydrogen (secondary N) is 6. The lowest BCUT2D eigenvalue weighted by Gasteiger charge is -2.38. The second-order valence-corrected chi connectivity index (χ2v) is 45.2. The van der Waals surface area contributed by atoms with Gasteiger partial charge in [0, 0.05) is 73.2 Å². The molecule has 6 N–H and O–H groups in total. The Morgan fingerprint density at radius 1 is 0.419 bits per heavy atom. The molecule has 722 valence electrons. The molecule has 8 aliphatic rings. The molecule has 13 rings (SSSR count). The molecule has 16 atom stereocenters. The largest absolute Gasteiger partial charge is 0.376 e. The number of benzene rings is 1. The van der Waals surface area contributed by atoms with Gasteiger partial charge in [0.25, 0.3) is 22.2 Å². The minimum Gasteiger partial charge on any atom is -0.376 e. The molecule has 8 fully saturated rings. The van der Waals surface area contributed by atoms with Crippen LogP contribution in [0.1, 0.15) is 213 Å². The number of likely N-dealkylation sites (tertiary alicyclic amines) is 2. The molecule has 1 aromatic carbocycles. The number of ether oxygens (including phenoxy) is 12. The van der Waals surface area contributed by atoms with Gasteiger partial charge in [-0.05, 0) is 206 Å². The number of rotatable bonds is 22. The Morgan fingerprint density at radius 2 is 0.698 bits per heavy atom. The molecule has 0 radical (unpaired) electrons. The van der Waals surface area contributed by atoms with Gasteiger partial charge < -0.3 is 77.3 Å². The fourth-order valence-corrected chi connectivity index (χ4v) is 19.8. The molecule has 8 saturated heterocycles. The first-order chi connectivity index (χ1) is 59.1. The van der Waals surface area contributed by atoms with Crippen molar-refractivity contribution in [1.29, 1.82) is 0 Å². The molecular formula is C87H136N14O26S2. The van der Waals surface area contributed by atoms with E-state index in [0.717, 1.165) is 6.26 Å². The van der Waals surface area contributed by atoms with E-state index in [0.29, 0.717) is 22.3 Å². The van der Waals surface area contributed by atoms with Crippen LogP contribution in [0.5, 0.6) is 0 Å². The van der Waals surface area contributed by atoms with Crippen molar-refractivity contribution in [2.75, 3.05) is 65.9 Å². The molecule has 8 bridgehead atoms. The lowest BCUT2D eigenvalue weighted by Crippen LogP contribution is -2.55. The van der Waals surface area contributed by atoms with Gasteiger partial charge in [0.05, 0.1) is 109 Å². The van der Waals surface area contributed by atoms with Crippen molar-refractivity contribution >= 4 is 32.1 Å². The van der Waals surface area contributed by atoms with Gasteiger partial charge in [-0.3, -0.25) is 57.4 Å². The smallest absolute Gasteiger partial charge is 0.330 e. The number of amides is 4. The van der Waals surface area contributed by atoms with Gasteiger partial charge in [-0.1, -0.05) is 18.2 Å². The summed E-state index contributed by atoms with van der Waals surface area (Å²) in [4.78, 5) is 137. The molecule has 4 aromatic heterocycles. The van der Waals surface area contributed by atoms with Crippen LogP contribution in [0.3, 0.4) is 0 Å². The number of aryl methyl sites for hydroxylation is 4. The van der Waals surface area contributed by atoms with Gasteiger partial charge >= 0.3 is 34.8 Å². The first-order valence-corrected chi connectivity index (χ1v) is 46.7. The number of carbonyl (C=O) groups excluding carboxylic acids is 2. The molecule has 40 nitrogen and oxygen atoms in total. The Bertz CT molecular complexity index is 5650. The average Bonchev–Trinajstić information content (AvgIpc) is 1.64. The van der Waals surface area contributed by atoms with Gasteiger partial charge in [-0.25, -0.2) is 45.6 Å². The molecule has 0 saturated carbocycles. The lowest BCUT2D eigenvalue weighted by molar-refractivity contribution is -0.189. The van der Waals surface area contributed by atoms with Gasteiger partial charge in [0.2, 0.25) is 20.0 Å². The Hall–Kier alpha value is -8.18. The summed E-state index contributed by atoms with van der Waals surface area (Å²) in [5, 5.41) is 5.59. The number of hydrogen-bond donors (Lipinski definition) is 6. The number of carbonyl (C=O) groups is 2. The number of fused-ring (bicyclic) bond motifs is 8. The zero-order valence-corrected chi connectivity index (χ0v) is 81.7. The minimum absolute atomic E-state index is 0.0146. The first kappa shape index (κ1) is 103. The molecule has 8 aliphatic heterocycles. The third-order valence-electron chi connectivity index (χ3n) is 22.4. The highest BCUT2D eigenvalue weighted by molar-refractivity contribution is 7.89. The number of hydrogen-bond acceptors (Lipinski definition) is 26. The third kappa shape index (κ3) is 22.8. The van der Waals surface area contributed by atoms with Gasteiger partial charge in [-0.2, -0.15) is 8.61 Å². The van der Waals surface area contributed by atoms with E-state index in [9.17, 15) is 64.8 Å². The standard InChI is InChI=1S/C25H35N3O7S.C22H36N4O6.C20H32N4O6.C20H33N3O7S/c1-16-13-27(22(30)26-20(16)29)21-18-19(34-24(5,6)7)25(35-21,15-33-23(2,3)4)14-28(18)36(31,32)17-11-9-8-10-12-17;1-12(2)23-19(28)26-10-22(11-30-13(3)4)16(31-21(6,7)8)15(26)18(32-22)25-9-14(5)17(27)24-20(25)29;1-11(2)28-10-20-9-24(17(26)21-7)13(14(20)29-19(4,5)6)16(30-20)23-8-12(3)15(25)22-18(23)27;1-12-9-22(17(25)21-15(12)24)16-13-14(29-19(5,6)7)20(30-16,11-28-18(2,3)4)10-23(13)31(8,26)27/h8-13,18-19,21H,14-15H2,1-7H3,(H,26,29,30);9,12-13,15-16,18H,10-11H2,1-8H3,(H,23,28)(H,24,27,29);8,11,13-14,16H,9-10H2,1-7H3,(H,21,26)(H,22,25,27);9,13-14,16H,10-11H2,1-8H3,(H,21,24,25)/t18-,19+,21-,25-;15-,16+,18-,22-;2*13-,14+,16?,20-/m1111/s1. The number of H-pyrrole nitrogens is 4. The summed E-state index contributed by atoms with van der Waals surface area (Å²) in [7, 11) is -6.09. The SMILES string of the molecule is CNC(=O)N1C[C@]2(COC(C)C)OC(n3cc(C)c(=O)[nH]c3=O)[C@H]1[C@@H]2OC(C)(C)C.Cc1cn(C2O[C@@]3(COC(C)(C)C)CN(S(C)(=O)=O)[C@@H]2[C@@H]3OC(C)(C)C)c(=O)[nH]c1=O.Cc1cn([C@@H]2O[C@@]3(COC(C)(C)C)CN(S(=O)(=O)c4ccccc4)[C@@H]2[C@@H]3OC(C)(C)C)c(=O)[nH]c1=O.Cc1cn([C@@H]2O[C@@]3(COC(C)C)CN(C(=O)NC(C)C)[C@@H]2[C@@H]3OC(C)(C)C)c(=O)[nH]c1=O. The third-order valence-corrected chi connectivity index (χ3v) is 25.4. The summed E-state index contributed by atoms with van der Waals surface area (Å²) < 4.78 is 136. The fraction of sp³-hybridized carbons (Fsp3) is 0.724. The molecule has 12 heterocycles. The summed E-state index contributed by atoms with van der Waals surface area (Å²) in [5.74, 6) is 0. The van der Waals surface area contributed by atoms with E-state index in [4.69, 9.17) is 56.8 Å². The summed E-state index contributed by atoms with van der Waals surface area (Å²) in [5.41, 5.74) is -10.7. The Kier molecular flexibility index (Phi) is 29.8. The Balaban J connectivity index is 0.000000179. The maximum Gasteiger partial charge on any atom is 0.330 e. The predicted octanol–water partition coefficient (Wildman–Crippen LogP) is 5.21. The molecule has 42 heteroatoms. The lowest BCUT2D eigenvalue weighted by atomic mass is 9.98. The highest BCUT2D eigenvalue weighted by Gasteiger charge is 2.72. The second kappa shape index (κ2) is 37.3. The van der Waals surface area contributed by atoms with Gasteiger partial charge in [0.1, 0.15) is 58.9 Å². The van der Waals surface area contributed by atoms with E-state index < -0.39 is 195 Å². The van der Waals surface area contributed by atoms with Gasteiger partial charge in [0.15, 0.2) is 24.9 Å². The van der Waals surface area contributed by atoms with Crippen LogP contribution in [0.15, 0.2) is 98.4 Å². The molecule has 4 amide bonds. The molecule has 0 spiro atoms. The monoisotopic (exact) mass is 1860 g/mol. The van der Waals surface area contributed by atoms with Crippen LogP contribution in [-0.2, 0) is 76.9 Å². The highest BCUT2D eigenvalue weighted by Crippen LogP contribution is 2.55.